The molecule has 0 unspecified atom stereocenters. The number of halogens is 1. The van der Waals surface area contributed by atoms with Gasteiger partial charge in [-0.3, -0.25) is 0 Å². The number of nitrogens with one attached hydrogen (secondary N) is 1. The number of hydrogen-bond acceptors (Lipinski definition) is 8. The molecule has 4 rings (SSSR count). The molecule has 1 aliphatic heterocycles. The number of ether oxygens (including phenoxy) is 4. The van der Waals surface area contributed by atoms with E-state index in [2.05, 4.69) is 17.1 Å². The second-order valence-corrected chi connectivity index (χ2v) is 8.81. The maximum Gasteiger partial charge on any atom is 0.228 e. The van der Waals surface area contributed by atoms with Crippen molar-refractivity contribution >= 4 is 34.3 Å². The van der Waals surface area contributed by atoms with E-state index in [1.807, 2.05) is 24.3 Å². The maximum absolute atomic E-state index is 6.33. The quantitative estimate of drug-likeness (QED) is 0.467. The van der Waals surface area contributed by atoms with Crippen LogP contribution >= 0.6 is 11.6 Å². The van der Waals surface area contributed by atoms with Gasteiger partial charge in [-0.05, 0) is 42.5 Å². The lowest BCUT2D eigenvalue weighted by atomic mass is 10.00. The molecule has 0 radical (unpaired) electrons. The van der Waals surface area contributed by atoms with E-state index in [0.717, 1.165) is 36.9 Å². The lowest BCUT2D eigenvalue weighted by Crippen LogP contribution is -2.34. The molecular weight excluding hydrogens is 456 g/mol. The van der Waals surface area contributed by atoms with Crippen molar-refractivity contribution in [3.8, 4) is 23.0 Å². The largest absolute Gasteiger partial charge is 0.495 e. The predicted octanol–water partition coefficient (Wildman–Crippen LogP) is 5.17. The molecule has 182 valence electrons. The van der Waals surface area contributed by atoms with Crippen molar-refractivity contribution in [2.24, 2.45) is 5.92 Å². The zero-order valence-electron chi connectivity index (χ0n) is 20.3. The summed E-state index contributed by atoms with van der Waals surface area (Å²) >= 11 is 6.33. The molecule has 8 nitrogen and oxygen atoms in total. The van der Waals surface area contributed by atoms with Gasteiger partial charge in [-0.2, -0.15) is 4.98 Å². The molecule has 1 fully saturated rings. The van der Waals surface area contributed by atoms with Crippen molar-refractivity contribution < 1.29 is 18.9 Å². The van der Waals surface area contributed by atoms with E-state index in [0.29, 0.717) is 57.8 Å². The summed E-state index contributed by atoms with van der Waals surface area (Å²) < 4.78 is 22.2. The normalized spacial score (nSPS) is 14.2. The summed E-state index contributed by atoms with van der Waals surface area (Å²) in [6.45, 7) is 4.63. The standard InChI is InChI=1S/C25H31ClN4O4/c1-15-8-10-30(11-9-15)25-28-21-17(13-20(32-3)22(33-4)23(21)34-5)24(29-25)27-14-16-6-7-19(31-2)18(26)12-16/h6-7,12-13,15H,8-11,14H2,1-5H3,(H,27,28,29). The number of fused-ring (bicyclic) bond motifs is 1. The van der Waals surface area contributed by atoms with Gasteiger partial charge in [0.2, 0.25) is 11.7 Å². The number of aromatic nitrogens is 2. The SMILES string of the molecule is COc1ccc(CNc2nc(N3CCC(C)CC3)nc3c(OC)c(OC)c(OC)cc23)cc1Cl. The third-order valence-electron chi connectivity index (χ3n) is 6.23. The van der Waals surface area contributed by atoms with E-state index in [1.165, 1.54) is 0 Å². The summed E-state index contributed by atoms with van der Waals surface area (Å²) in [6.07, 6.45) is 2.22. The summed E-state index contributed by atoms with van der Waals surface area (Å²) in [5.74, 6) is 4.26. The van der Waals surface area contributed by atoms with Crippen LogP contribution in [-0.4, -0.2) is 51.5 Å². The van der Waals surface area contributed by atoms with Gasteiger partial charge < -0.3 is 29.2 Å². The predicted molar refractivity (Wildman–Crippen MR) is 135 cm³/mol. The first kappa shape index (κ1) is 24.0. The van der Waals surface area contributed by atoms with Crippen LogP contribution in [0.3, 0.4) is 0 Å². The molecule has 34 heavy (non-hydrogen) atoms. The monoisotopic (exact) mass is 486 g/mol. The van der Waals surface area contributed by atoms with Crippen LogP contribution in [0.25, 0.3) is 10.9 Å². The van der Waals surface area contributed by atoms with E-state index >= 15 is 0 Å². The Morgan fingerprint density at radius 2 is 1.65 bits per heavy atom. The first-order valence-electron chi connectivity index (χ1n) is 11.3. The minimum Gasteiger partial charge on any atom is -0.495 e. The highest BCUT2D eigenvalue weighted by molar-refractivity contribution is 6.32. The minimum atomic E-state index is 0.502. The van der Waals surface area contributed by atoms with Crippen molar-refractivity contribution in [2.45, 2.75) is 26.3 Å². The lowest BCUT2D eigenvalue weighted by Gasteiger charge is -2.31. The Labute approximate surface area is 205 Å². The van der Waals surface area contributed by atoms with Crippen molar-refractivity contribution in [3.05, 3.63) is 34.9 Å². The van der Waals surface area contributed by atoms with Gasteiger partial charge in [-0.15, -0.1) is 0 Å². The summed E-state index contributed by atoms with van der Waals surface area (Å²) in [7, 11) is 6.39. The Kier molecular flexibility index (Phi) is 7.36. The molecule has 0 atom stereocenters. The fourth-order valence-corrected chi connectivity index (χ4v) is 4.49. The minimum absolute atomic E-state index is 0.502. The molecular formula is C25H31ClN4O4. The number of hydrogen-bond donors (Lipinski definition) is 1. The molecule has 2 aromatic carbocycles. The van der Waals surface area contributed by atoms with Gasteiger partial charge in [-0.1, -0.05) is 24.6 Å². The molecule has 3 aromatic rings. The smallest absolute Gasteiger partial charge is 0.228 e. The molecule has 0 aliphatic carbocycles. The number of nitrogens with zero attached hydrogens (tertiary/aromatic N) is 3. The summed E-state index contributed by atoms with van der Waals surface area (Å²) in [4.78, 5) is 12.1. The van der Waals surface area contributed by atoms with E-state index in [9.17, 15) is 0 Å². The highest BCUT2D eigenvalue weighted by Crippen LogP contribution is 2.45. The third kappa shape index (κ3) is 4.73. The molecule has 1 aliphatic rings. The number of rotatable bonds is 8. The molecule has 1 N–H and O–H groups in total. The fourth-order valence-electron chi connectivity index (χ4n) is 4.21. The fraction of sp³-hybridized carbons (Fsp3) is 0.440. The number of piperidine rings is 1. The maximum atomic E-state index is 6.33. The molecule has 0 saturated carbocycles. The van der Waals surface area contributed by atoms with Gasteiger partial charge in [-0.25, -0.2) is 4.98 Å². The van der Waals surface area contributed by atoms with Crippen LogP contribution in [0.4, 0.5) is 11.8 Å². The van der Waals surface area contributed by atoms with Gasteiger partial charge >= 0.3 is 0 Å². The Hall–Kier alpha value is -3.13. The summed E-state index contributed by atoms with van der Waals surface area (Å²) in [5, 5.41) is 4.81. The van der Waals surface area contributed by atoms with Gasteiger partial charge in [0.25, 0.3) is 0 Å². The van der Waals surface area contributed by atoms with Crippen molar-refractivity contribution in [1.82, 2.24) is 9.97 Å². The Bertz CT molecular complexity index is 1170. The van der Waals surface area contributed by atoms with Crippen molar-refractivity contribution in [1.29, 1.82) is 0 Å². The highest BCUT2D eigenvalue weighted by Gasteiger charge is 2.24. The first-order chi connectivity index (χ1) is 16.5. The molecule has 9 heteroatoms. The van der Waals surface area contributed by atoms with E-state index in [-0.39, 0.29) is 0 Å². The summed E-state index contributed by atoms with van der Waals surface area (Å²) in [5.41, 5.74) is 1.66. The molecule has 1 saturated heterocycles. The zero-order valence-corrected chi connectivity index (χ0v) is 21.0. The van der Waals surface area contributed by atoms with Crippen LogP contribution in [-0.2, 0) is 6.54 Å². The van der Waals surface area contributed by atoms with Gasteiger partial charge in [0, 0.05) is 19.6 Å². The third-order valence-corrected chi connectivity index (χ3v) is 6.52. The topological polar surface area (TPSA) is 78.0 Å². The number of benzene rings is 2. The van der Waals surface area contributed by atoms with Crippen LogP contribution in [0, 0.1) is 5.92 Å². The van der Waals surface area contributed by atoms with Crippen molar-refractivity contribution in [3.63, 3.8) is 0 Å². The molecule has 0 amide bonds. The Morgan fingerprint density at radius 3 is 2.26 bits per heavy atom. The number of methoxy groups -OCH3 is 4. The average molecular weight is 487 g/mol. The van der Waals surface area contributed by atoms with Crippen LogP contribution in [0.5, 0.6) is 23.0 Å². The molecule has 2 heterocycles. The second-order valence-electron chi connectivity index (χ2n) is 8.41. The first-order valence-corrected chi connectivity index (χ1v) is 11.7. The highest BCUT2D eigenvalue weighted by atomic mass is 35.5. The van der Waals surface area contributed by atoms with Gasteiger partial charge in [0.1, 0.15) is 17.1 Å². The molecule has 0 spiro atoms. The van der Waals surface area contributed by atoms with Gasteiger partial charge in [0.15, 0.2) is 11.5 Å². The Morgan fingerprint density at radius 1 is 0.941 bits per heavy atom. The van der Waals surface area contributed by atoms with E-state index in [1.54, 1.807) is 28.4 Å². The Balaban J connectivity index is 1.79. The number of anilines is 2. The van der Waals surface area contributed by atoms with Crippen LogP contribution in [0.2, 0.25) is 5.02 Å². The van der Waals surface area contributed by atoms with Crippen LogP contribution in [0.15, 0.2) is 24.3 Å². The van der Waals surface area contributed by atoms with Gasteiger partial charge in [0.05, 0.1) is 38.8 Å². The van der Waals surface area contributed by atoms with Crippen molar-refractivity contribution in [2.75, 3.05) is 51.7 Å². The van der Waals surface area contributed by atoms with Crippen LogP contribution in [0.1, 0.15) is 25.3 Å². The summed E-state index contributed by atoms with van der Waals surface area (Å²) in [6, 6.07) is 7.59. The zero-order chi connectivity index (χ0) is 24.2. The lowest BCUT2D eigenvalue weighted by molar-refractivity contribution is 0.327. The van der Waals surface area contributed by atoms with E-state index in [4.69, 9.17) is 40.5 Å². The second kappa shape index (κ2) is 10.4. The molecule has 0 bridgehead atoms. The average Bonchev–Trinajstić information content (AvgIpc) is 2.86. The molecule has 1 aromatic heterocycles. The van der Waals surface area contributed by atoms with E-state index < -0.39 is 0 Å². The van der Waals surface area contributed by atoms with Crippen LogP contribution < -0.4 is 29.2 Å².